The number of ether oxygens (including phenoxy) is 2. The summed E-state index contributed by atoms with van der Waals surface area (Å²) in [4.78, 5) is 13.2. The van der Waals surface area contributed by atoms with Gasteiger partial charge in [0.1, 0.15) is 0 Å². The first-order valence-corrected chi connectivity index (χ1v) is 9.91. The quantitative estimate of drug-likeness (QED) is 0.388. The fourth-order valence-electron chi connectivity index (χ4n) is 3.91. The molecule has 0 spiro atoms. The van der Waals surface area contributed by atoms with Crippen LogP contribution in [-0.4, -0.2) is 36.2 Å². The van der Waals surface area contributed by atoms with Crippen LogP contribution < -0.4 is 15.0 Å². The molecule has 33 heavy (non-hydrogen) atoms. The Balaban J connectivity index is 2.66. The lowest BCUT2D eigenvalue weighted by Gasteiger charge is -2.34. The highest BCUT2D eigenvalue weighted by molar-refractivity contribution is 6.08. The van der Waals surface area contributed by atoms with Gasteiger partial charge in [0, 0.05) is 22.9 Å². The van der Waals surface area contributed by atoms with Crippen molar-refractivity contribution in [2.45, 2.75) is 44.3 Å². The summed E-state index contributed by atoms with van der Waals surface area (Å²) in [7, 11) is 1.89. The molecular formula is C22H21F6NO4. The Bertz CT molecular complexity index is 1230. The molecule has 0 saturated carbocycles. The largest absolute Gasteiger partial charge is 0.492 e. The third-order valence-electron chi connectivity index (χ3n) is 5.53. The molecule has 0 aliphatic carbocycles. The summed E-state index contributed by atoms with van der Waals surface area (Å²) in [6.07, 6.45) is -11.1. The number of alkyl halides is 6. The van der Waals surface area contributed by atoms with Gasteiger partial charge in [0.25, 0.3) is 11.2 Å². The van der Waals surface area contributed by atoms with Gasteiger partial charge in [-0.25, -0.2) is 0 Å². The lowest BCUT2D eigenvalue weighted by Crippen LogP contribution is -2.54. The molecule has 1 heterocycles. The van der Waals surface area contributed by atoms with Crippen LogP contribution in [-0.2, 0) is 12.1 Å². The van der Waals surface area contributed by atoms with E-state index in [1.807, 2.05) is 6.92 Å². The summed E-state index contributed by atoms with van der Waals surface area (Å²) in [6.45, 7) is 2.00. The first-order chi connectivity index (χ1) is 15.3. The number of pyridine rings is 1. The number of halogens is 6. The molecule has 1 aromatic heterocycles. The van der Waals surface area contributed by atoms with E-state index in [0.717, 1.165) is 14.2 Å². The number of aliphatic hydroxyl groups is 1. The highest BCUT2D eigenvalue weighted by atomic mass is 19.4. The fourth-order valence-corrected chi connectivity index (χ4v) is 3.91. The van der Waals surface area contributed by atoms with Gasteiger partial charge in [-0.15, -0.1) is 0 Å². The minimum Gasteiger partial charge on any atom is -0.492 e. The van der Waals surface area contributed by atoms with Crippen molar-refractivity contribution in [3.8, 4) is 11.5 Å². The van der Waals surface area contributed by atoms with Crippen molar-refractivity contribution in [2.24, 2.45) is 0 Å². The Kier molecular flexibility index (Phi) is 6.31. The van der Waals surface area contributed by atoms with Gasteiger partial charge in [-0.1, -0.05) is 31.5 Å². The van der Waals surface area contributed by atoms with Gasteiger partial charge < -0.3 is 19.1 Å². The summed E-state index contributed by atoms with van der Waals surface area (Å²) in [5.74, 6) is -1.49. The third kappa shape index (κ3) is 3.68. The lowest BCUT2D eigenvalue weighted by molar-refractivity contribution is -0.376. The number of methoxy groups -OCH3 is 2. The number of hydrogen-bond donors (Lipinski definition) is 1. The zero-order chi connectivity index (χ0) is 24.8. The minimum atomic E-state index is -6.14. The molecule has 2 aromatic carbocycles. The Morgan fingerprint density at radius 1 is 0.909 bits per heavy atom. The van der Waals surface area contributed by atoms with E-state index in [0.29, 0.717) is 18.9 Å². The van der Waals surface area contributed by atoms with E-state index in [-0.39, 0.29) is 28.2 Å². The first-order valence-electron chi connectivity index (χ1n) is 9.91. The van der Waals surface area contributed by atoms with E-state index in [9.17, 15) is 36.2 Å². The predicted molar refractivity (Wildman–Crippen MR) is 110 cm³/mol. The molecule has 3 aromatic rings. The van der Waals surface area contributed by atoms with Crippen LogP contribution >= 0.6 is 0 Å². The second kappa shape index (κ2) is 8.44. The summed E-state index contributed by atoms with van der Waals surface area (Å²) < 4.78 is 93.8. The molecule has 0 aliphatic heterocycles. The molecule has 3 rings (SSSR count). The Morgan fingerprint density at radius 2 is 1.45 bits per heavy atom. The second-order valence-corrected chi connectivity index (χ2v) is 7.45. The van der Waals surface area contributed by atoms with Crippen LogP contribution in [0.2, 0.25) is 0 Å². The predicted octanol–water partition coefficient (Wildman–Crippen LogP) is 5.28. The van der Waals surface area contributed by atoms with Crippen molar-refractivity contribution in [1.29, 1.82) is 0 Å². The lowest BCUT2D eigenvalue weighted by atomic mass is 9.88. The van der Waals surface area contributed by atoms with E-state index < -0.39 is 40.6 Å². The summed E-state index contributed by atoms with van der Waals surface area (Å²) in [5, 5.41) is 10.2. The Hall–Kier alpha value is -2.95. The molecule has 1 N–H and O–H groups in total. The summed E-state index contributed by atoms with van der Waals surface area (Å²) in [5.41, 5.74) is -7.35. The van der Waals surface area contributed by atoms with Gasteiger partial charge >= 0.3 is 12.4 Å². The molecule has 0 radical (unpaired) electrons. The maximum absolute atomic E-state index is 13.7. The van der Waals surface area contributed by atoms with E-state index in [1.54, 1.807) is 0 Å². The Morgan fingerprint density at radius 3 is 1.94 bits per heavy atom. The number of rotatable bonds is 6. The van der Waals surface area contributed by atoms with Crippen molar-refractivity contribution in [2.75, 3.05) is 14.2 Å². The third-order valence-corrected chi connectivity index (χ3v) is 5.53. The van der Waals surface area contributed by atoms with Crippen molar-refractivity contribution >= 4 is 21.7 Å². The Labute approximate surface area is 184 Å². The maximum Gasteiger partial charge on any atom is 0.430 e. The molecule has 0 atom stereocenters. The zero-order valence-electron chi connectivity index (χ0n) is 17.9. The van der Waals surface area contributed by atoms with Crippen LogP contribution in [0.4, 0.5) is 26.3 Å². The molecule has 180 valence electrons. The van der Waals surface area contributed by atoms with Gasteiger partial charge in [-0.2, -0.15) is 26.3 Å². The van der Waals surface area contributed by atoms with Gasteiger partial charge in [0.05, 0.1) is 19.7 Å². The monoisotopic (exact) mass is 477 g/mol. The van der Waals surface area contributed by atoms with Crippen LogP contribution in [0, 0.1) is 0 Å². The number of aryl methyl sites for hydroxylation is 1. The number of benzene rings is 2. The standard InChI is InChI=1S/C22H21F6NO4/c1-4-5-10-29-16-14(12-8-6-7-9-13(12)19(29)30)11-15(17(32-2)18(16)33-3)20(31,21(23,24)25)22(26,27)28/h6-9,11,31H,4-5,10H2,1-3H3. The fraction of sp³-hybridized carbons (Fsp3) is 0.409. The first kappa shape index (κ1) is 24.7. The van der Waals surface area contributed by atoms with Gasteiger partial charge in [0.2, 0.25) is 0 Å². The van der Waals surface area contributed by atoms with Crippen molar-refractivity contribution in [3.05, 3.63) is 46.2 Å². The molecule has 5 nitrogen and oxygen atoms in total. The average molecular weight is 477 g/mol. The molecule has 0 saturated heterocycles. The maximum atomic E-state index is 13.7. The van der Waals surface area contributed by atoms with E-state index >= 15 is 0 Å². The van der Waals surface area contributed by atoms with Crippen molar-refractivity contribution in [1.82, 2.24) is 4.57 Å². The summed E-state index contributed by atoms with van der Waals surface area (Å²) >= 11 is 0. The highest BCUT2D eigenvalue weighted by Gasteiger charge is 2.72. The van der Waals surface area contributed by atoms with Gasteiger partial charge in [0.15, 0.2) is 11.5 Å². The number of hydrogen-bond acceptors (Lipinski definition) is 4. The number of nitrogens with zero attached hydrogens (tertiary/aromatic N) is 1. The SMILES string of the molecule is CCCCn1c(=O)c2ccccc2c2cc(C(O)(C(F)(F)F)C(F)(F)F)c(OC)c(OC)c21. The number of aromatic nitrogens is 1. The average Bonchev–Trinajstić information content (AvgIpc) is 2.75. The van der Waals surface area contributed by atoms with Gasteiger partial charge in [-0.3, -0.25) is 4.79 Å². The molecule has 0 unspecified atom stereocenters. The van der Waals surface area contributed by atoms with Crippen LogP contribution in [0.25, 0.3) is 21.7 Å². The van der Waals surface area contributed by atoms with Gasteiger partial charge in [-0.05, 0) is 23.9 Å². The van der Waals surface area contributed by atoms with Crippen molar-refractivity contribution < 1.29 is 40.9 Å². The topological polar surface area (TPSA) is 60.7 Å². The second-order valence-electron chi connectivity index (χ2n) is 7.45. The van der Waals surface area contributed by atoms with E-state index in [4.69, 9.17) is 9.47 Å². The van der Waals surface area contributed by atoms with E-state index in [1.165, 1.54) is 28.8 Å². The minimum absolute atomic E-state index is 0.0260. The number of unbranched alkanes of at least 4 members (excludes halogenated alkanes) is 1. The van der Waals surface area contributed by atoms with E-state index in [2.05, 4.69) is 0 Å². The van der Waals surface area contributed by atoms with Crippen LogP contribution in [0.15, 0.2) is 35.1 Å². The smallest absolute Gasteiger partial charge is 0.430 e. The zero-order valence-corrected chi connectivity index (χ0v) is 17.9. The molecule has 0 amide bonds. The molecular weight excluding hydrogens is 456 g/mol. The molecule has 0 fully saturated rings. The van der Waals surface area contributed by atoms with Crippen LogP contribution in [0.3, 0.4) is 0 Å². The highest BCUT2D eigenvalue weighted by Crippen LogP contribution is 2.55. The summed E-state index contributed by atoms with van der Waals surface area (Å²) in [6, 6.07) is 6.42. The number of fused-ring (bicyclic) bond motifs is 3. The van der Waals surface area contributed by atoms with Crippen molar-refractivity contribution in [3.63, 3.8) is 0 Å². The molecule has 0 bridgehead atoms. The van der Waals surface area contributed by atoms with Crippen LogP contribution in [0.5, 0.6) is 11.5 Å². The normalized spacial score (nSPS) is 13.0. The molecule has 0 aliphatic rings. The van der Waals surface area contributed by atoms with Crippen LogP contribution in [0.1, 0.15) is 25.3 Å². The molecule has 11 heteroatoms.